The third-order valence-corrected chi connectivity index (χ3v) is 5.78. The molecule has 1 amide bonds. The standard InChI is InChI=1S/C19H23N3O3S/c1-12-18(26-13(2)20-12)19(23)22-7-3-4-15(11-22)21-14-5-6-16-17(10-14)25-9-8-24-16/h5-6,10,15,21H,3-4,7-9,11H2,1-2H3. The number of fused-ring (bicyclic) bond motifs is 1. The lowest BCUT2D eigenvalue weighted by Crippen LogP contribution is -2.45. The molecule has 0 spiro atoms. The Bertz CT molecular complexity index is 820. The molecule has 0 bridgehead atoms. The fourth-order valence-electron chi connectivity index (χ4n) is 3.52. The summed E-state index contributed by atoms with van der Waals surface area (Å²) < 4.78 is 11.2. The number of ether oxygens (including phenoxy) is 2. The van der Waals surface area contributed by atoms with Gasteiger partial charge in [0.15, 0.2) is 11.5 Å². The van der Waals surface area contributed by atoms with Crippen molar-refractivity contribution in [2.75, 3.05) is 31.6 Å². The number of aromatic nitrogens is 1. The molecule has 1 N–H and O–H groups in total. The lowest BCUT2D eigenvalue weighted by Gasteiger charge is -2.33. The van der Waals surface area contributed by atoms with Gasteiger partial charge in [0, 0.05) is 30.9 Å². The Kier molecular flexibility index (Phi) is 4.72. The molecule has 2 aromatic rings. The summed E-state index contributed by atoms with van der Waals surface area (Å²) in [4.78, 5) is 19.9. The molecule has 4 rings (SSSR count). The van der Waals surface area contributed by atoms with Gasteiger partial charge in [0.1, 0.15) is 18.1 Å². The van der Waals surface area contributed by atoms with Gasteiger partial charge in [-0.25, -0.2) is 4.98 Å². The van der Waals surface area contributed by atoms with Crippen LogP contribution in [-0.4, -0.2) is 48.1 Å². The zero-order valence-electron chi connectivity index (χ0n) is 15.1. The minimum Gasteiger partial charge on any atom is -0.486 e. The van der Waals surface area contributed by atoms with Gasteiger partial charge in [0.25, 0.3) is 5.91 Å². The Morgan fingerprint density at radius 2 is 2.08 bits per heavy atom. The van der Waals surface area contributed by atoms with E-state index in [9.17, 15) is 4.79 Å². The van der Waals surface area contributed by atoms with Gasteiger partial charge in [0.2, 0.25) is 0 Å². The van der Waals surface area contributed by atoms with Crippen LogP contribution in [0.2, 0.25) is 0 Å². The van der Waals surface area contributed by atoms with Gasteiger partial charge in [-0.1, -0.05) is 0 Å². The minimum atomic E-state index is 0.0989. The summed E-state index contributed by atoms with van der Waals surface area (Å²) in [7, 11) is 0. The smallest absolute Gasteiger partial charge is 0.265 e. The van der Waals surface area contributed by atoms with Gasteiger partial charge in [-0.3, -0.25) is 4.79 Å². The molecule has 0 saturated carbocycles. The number of hydrogen-bond donors (Lipinski definition) is 1. The molecule has 1 aromatic carbocycles. The molecule has 1 fully saturated rings. The third kappa shape index (κ3) is 3.49. The van der Waals surface area contributed by atoms with E-state index in [1.54, 1.807) is 0 Å². The summed E-state index contributed by atoms with van der Waals surface area (Å²) >= 11 is 1.48. The van der Waals surface area contributed by atoms with Crippen LogP contribution in [0, 0.1) is 13.8 Å². The van der Waals surface area contributed by atoms with Crippen molar-refractivity contribution in [3.63, 3.8) is 0 Å². The Balaban J connectivity index is 1.44. The second-order valence-electron chi connectivity index (χ2n) is 6.74. The van der Waals surface area contributed by atoms with Gasteiger partial charge >= 0.3 is 0 Å². The summed E-state index contributed by atoms with van der Waals surface area (Å²) in [6.45, 7) is 6.52. The number of benzene rings is 1. The van der Waals surface area contributed by atoms with Crippen LogP contribution < -0.4 is 14.8 Å². The zero-order valence-corrected chi connectivity index (χ0v) is 15.9. The molecule has 1 aromatic heterocycles. The molecule has 2 aliphatic heterocycles. The number of carbonyl (C=O) groups excluding carboxylic acids is 1. The second kappa shape index (κ2) is 7.15. The number of thiazole rings is 1. The third-order valence-electron chi connectivity index (χ3n) is 4.72. The molecule has 1 unspecified atom stereocenters. The van der Waals surface area contributed by atoms with Gasteiger partial charge in [-0.2, -0.15) is 0 Å². The summed E-state index contributed by atoms with van der Waals surface area (Å²) in [6, 6.07) is 6.15. The number of carbonyl (C=O) groups is 1. The summed E-state index contributed by atoms with van der Waals surface area (Å²) in [6.07, 6.45) is 2.03. The van der Waals surface area contributed by atoms with Crippen LogP contribution in [0.1, 0.15) is 33.2 Å². The SMILES string of the molecule is Cc1nc(C)c(C(=O)N2CCCC(Nc3ccc4c(c3)OCCO4)C2)s1. The number of nitrogens with one attached hydrogen (secondary N) is 1. The van der Waals surface area contributed by atoms with Crippen LogP contribution in [-0.2, 0) is 0 Å². The largest absolute Gasteiger partial charge is 0.486 e. The highest BCUT2D eigenvalue weighted by atomic mass is 32.1. The quantitative estimate of drug-likeness (QED) is 0.895. The number of hydrogen-bond acceptors (Lipinski definition) is 6. The lowest BCUT2D eigenvalue weighted by atomic mass is 10.0. The molecular formula is C19H23N3O3S. The van der Waals surface area contributed by atoms with E-state index in [1.807, 2.05) is 36.9 Å². The first-order valence-corrected chi connectivity index (χ1v) is 9.81. The topological polar surface area (TPSA) is 63.7 Å². The van der Waals surface area contributed by atoms with Crippen LogP contribution in [0.25, 0.3) is 0 Å². The zero-order chi connectivity index (χ0) is 18.1. The Morgan fingerprint density at radius 3 is 2.85 bits per heavy atom. The van der Waals surface area contributed by atoms with Crippen molar-refractivity contribution in [3.05, 3.63) is 33.8 Å². The van der Waals surface area contributed by atoms with E-state index in [0.717, 1.165) is 52.2 Å². The number of rotatable bonds is 3. The summed E-state index contributed by atoms with van der Waals surface area (Å²) in [5.41, 5.74) is 1.83. The van der Waals surface area contributed by atoms with Crippen LogP contribution in [0.4, 0.5) is 5.69 Å². The predicted octanol–water partition coefficient (Wildman–Crippen LogP) is 3.25. The Hall–Kier alpha value is -2.28. The van der Waals surface area contributed by atoms with E-state index >= 15 is 0 Å². The number of aryl methyl sites for hydroxylation is 2. The molecule has 6 nitrogen and oxygen atoms in total. The van der Waals surface area contributed by atoms with Crippen molar-refractivity contribution in [1.29, 1.82) is 0 Å². The van der Waals surface area contributed by atoms with Crippen molar-refractivity contribution in [1.82, 2.24) is 9.88 Å². The van der Waals surface area contributed by atoms with Gasteiger partial charge in [-0.05, 0) is 38.8 Å². The maximum Gasteiger partial charge on any atom is 0.265 e. The molecule has 1 saturated heterocycles. The van der Waals surface area contributed by atoms with Crippen molar-refractivity contribution >= 4 is 22.9 Å². The molecule has 0 aliphatic carbocycles. The first-order valence-electron chi connectivity index (χ1n) is 8.99. The van der Waals surface area contributed by atoms with Crippen molar-refractivity contribution in [2.24, 2.45) is 0 Å². The van der Waals surface area contributed by atoms with Crippen molar-refractivity contribution < 1.29 is 14.3 Å². The average Bonchev–Trinajstić information content (AvgIpc) is 2.99. The highest BCUT2D eigenvalue weighted by molar-refractivity contribution is 7.13. The van der Waals surface area contributed by atoms with Crippen molar-refractivity contribution in [2.45, 2.75) is 32.7 Å². The maximum atomic E-state index is 12.9. The monoisotopic (exact) mass is 373 g/mol. The molecular weight excluding hydrogens is 350 g/mol. The first-order chi connectivity index (χ1) is 12.6. The summed E-state index contributed by atoms with van der Waals surface area (Å²) in [5, 5.41) is 4.48. The highest BCUT2D eigenvalue weighted by Crippen LogP contribution is 2.33. The Labute approximate surface area is 157 Å². The first kappa shape index (κ1) is 17.1. The normalized spacial score (nSPS) is 19.3. The summed E-state index contributed by atoms with van der Waals surface area (Å²) in [5.74, 6) is 1.67. The maximum absolute atomic E-state index is 12.9. The van der Waals surface area contributed by atoms with E-state index in [-0.39, 0.29) is 11.9 Å². The van der Waals surface area contributed by atoms with E-state index in [0.29, 0.717) is 19.8 Å². The number of amides is 1. The molecule has 138 valence electrons. The van der Waals surface area contributed by atoms with Crippen molar-refractivity contribution in [3.8, 4) is 11.5 Å². The molecule has 7 heteroatoms. The highest BCUT2D eigenvalue weighted by Gasteiger charge is 2.27. The number of likely N-dealkylation sites (tertiary alicyclic amines) is 1. The number of nitrogens with zero attached hydrogens (tertiary/aromatic N) is 2. The van der Waals surface area contributed by atoms with E-state index in [2.05, 4.69) is 10.3 Å². The fraction of sp³-hybridized carbons (Fsp3) is 0.474. The molecule has 3 heterocycles. The molecule has 2 aliphatic rings. The fourth-order valence-corrected chi connectivity index (χ4v) is 4.41. The van der Waals surface area contributed by atoms with Gasteiger partial charge in [0.05, 0.1) is 10.7 Å². The molecule has 26 heavy (non-hydrogen) atoms. The van der Waals surface area contributed by atoms with Gasteiger partial charge in [-0.15, -0.1) is 11.3 Å². The molecule has 0 radical (unpaired) electrons. The minimum absolute atomic E-state index is 0.0989. The Morgan fingerprint density at radius 1 is 1.27 bits per heavy atom. The predicted molar refractivity (Wildman–Crippen MR) is 102 cm³/mol. The second-order valence-corrected chi connectivity index (χ2v) is 7.94. The van der Waals surface area contributed by atoms with E-state index < -0.39 is 0 Å². The van der Waals surface area contributed by atoms with Gasteiger partial charge < -0.3 is 19.7 Å². The van der Waals surface area contributed by atoms with Crippen LogP contribution in [0.15, 0.2) is 18.2 Å². The van der Waals surface area contributed by atoms with Crippen LogP contribution in [0.3, 0.4) is 0 Å². The van der Waals surface area contributed by atoms with E-state index in [1.165, 1.54) is 11.3 Å². The number of anilines is 1. The molecule has 1 atom stereocenters. The number of piperidine rings is 1. The average molecular weight is 373 g/mol. The van der Waals surface area contributed by atoms with Crippen LogP contribution >= 0.6 is 11.3 Å². The lowest BCUT2D eigenvalue weighted by molar-refractivity contribution is 0.0719. The van der Waals surface area contributed by atoms with Crippen LogP contribution in [0.5, 0.6) is 11.5 Å². The van der Waals surface area contributed by atoms with E-state index in [4.69, 9.17) is 9.47 Å².